The maximum absolute atomic E-state index is 13.2. The maximum atomic E-state index is 13.2. The second-order valence-electron chi connectivity index (χ2n) is 8.34. The number of anilines is 2. The molecule has 3 atom stereocenters. The van der Waals surface area contributed by atoms with Gasteiger partial charge in [0, 0.05) is 5.02 Å². The lowest BCUT2D eigenvalue weighted by Gasteiger charge is -2.22. The number of nitrogens with one attached hydrogen (secondary N) is 2. The molecule has 5 N–H and O–H groups in total. The molecule has 0 bridgehead atoms. The zero-order chi connectivity index (χ0) is 26.8. The van der Waals surface area contributed by atoms with E-state index in [0.29, 0.717) is 34.4 Å². The van der Waals surface area contributed by atoms with E-state index >= 15 is 0 Å². The van der Waals surface area contributed by atoms with E-state index in [9.17, 15) is 28.4 Å². The first kappa shape index (κ1) is 27.1. The fraction of sp³-hybridized carbons (Fsp3) is 0.167. The lowest BCUT2D eigenvalue weighted by molar-refractivity contribution is -0.880. The van der Waals surface area contributed by atoms with Crippen LogP contribution in [-0.2, 0) is 26.0 Å². The summed E-state index contributed by atoms with van der Waals surface area (Å²) in [6.07, 6.45) is -0.257. The molecule has 0 aromatic heterocycles. The standard InChI is InChI=1S/C24H23ClN4O6S2/c25-18-12-15(10-11-17(18)22-14-23(30)29(32,33)36-22)13-21(24(31)27-20-9-5-4-8-19(20)26)28-37(34,35)16-6-2-1-3-7-16/h1-12,21-22,28,32H,13-14,26H2,(H,27,31)/t21-,22?/m0/s1. The molecular formula is C24H23ClN4O6S2. The van der Waals surface area contributed by atoms with Crippen molar-refractivity contribution in [1.29, 1.82) is 0 Å². The molecule has 3 aromatic carbocycles. The van der Waals surface area contributed by atoms with E-state index in [0.717, 1.165) is 0 Å². The molecule has 194 valence electrons. The number of carbonyl (C=O) groups is 2. The minimum Gasteiger partial charge on any atom is -0.579 e. The summed E-state index contributed by atoms with van der Waals surface area (Å²) in [5.41, 5.74) is 7.56. The molecule has 1 aliphatic rings. The number of quaternary nitrogens is 1. The molecule has 0 saturated carbocycles. The van der Waals surface area contributed by atoms with Gasteiger partial charge in [0.15, 0.2) is 0 Å². The Balaban J connectivity index is 1.60. The van der Waals surface area contributed by atoms with Gasteiger partial charge in [-0.05, 0) is 47.9 Å². The van der Waals surface area contributed by atoms with E-state index in [2.05, 4.69) is 10.0 Å². The molecule has 0 radical (unpaired) electrons. The number of amides is 2. The number of rotatable bonds is 8. The minimum absolute atomic E-state index is 0.00782. The summed E-state index contributed by atoms with van der Waals surface area (Å²) >= 11 is 6.93. The van der Waals surface area contributed by atoms with Crippen molar-refractivity contribution < 1.29 is 27.4 Å². The normalized spacial score (nSPS) is 20.5. The molecule has 4 rings (SSSR count). The van der Waals surface area contributed by atoms with Crippen LogP contribution >= 0.6 is 23.5 Å². The highest BCUT2D eigenvalue weighted by atomic mass is 35.5. The third-order valence-corrected chi connectivity index (χ3v) is 8.66. The van der Waals surface area contributed by atoms with Crippen LogP contribution in [-0.4, -0.2) is 35.7 Å². The molecule has 3 aromatic rings. The molecule has 0 aliphatic carbocycles. The average molecular weight is 563 g/mol. The smallest absolute Gasteiger partial charge is 0.359 e. The molecule has 1 heterocycles. The molecule has 1 fully saturated rings. The molecule has 1 aliphatic heterocycles. The van der Waals surface area contributed by atoms with Crippen LogP contribution in [0, 0.1) is 5.21 Å². The number of halogens is 1. The van der Waals surface area contributed by atoms with Crippen molar-refractivity contribution in [3.05, 3.63) is 94.2 Å². The number of nitrogens with zero attached hydrogens (tertiary/aromatic N) is 1. The van der Waals surface area contributed by atoms with Crippen LogP contribution in [0.25, 0.3) is 0 Å². The van der Waals surface area contributed by atoms with Crippen LogP contribution in [0.5, 0.6) is 0 Å². The number of nitrogens with two attached hydrogens (primary N) is 1. The third kappa shape index (κ3) is 6.30. The molecule has 2 unspecified atom stereocenters. The SMILES string of the molecule is Nc1ccccc1NC(=O)[C@H](Cc1ccc(C2CC(=O)[N+]([O-])(O)S2)c(Cl)c1)NS(=O)(=O)c1ccccc1. The third-order valence-electron chi connectivity index (χ3n) is 5.68. The van der Waals surface area contributed by atoms with Crippen LogP contribution in [0.4, 0.5) is 11.4 Å². The van der Waals surface area contributed by atoms with Gasteiger partial charge in [-0.1, -0.05) is 58.3 Å². The number of nitrogen functional groups attached to an aromatic ring is 1. The minimum atomic E-state index is -4.06. The van der Waals surface area contributed by atoms with E-state index in [1.807, 2.05) is 0 Å². The number of carbonyl (C=O) groups excluding carboxylic acids is 2. The quantitative estimate of drug-likeness (QED) is 0.106. The Morgan fingerprint density at radius 1 is 1.16 bits per heavy atom. The van der Waals surface area contributed by atoms with Gasteiger partial charge < -0.3 is 16.3 Å². The summed E-state index contributed by atoms with van der Waals surface area (Å²) in [4.78, 5) is 24.9. The Kier molecular flexibility index (Phi) is 7.90. The molecule has 37 heavy (non-hydrogen) atoms. The topological polar surface area (TPSA) is 162 Å². The predicted octanol–water partition coefficient (Wildman–Crippen LogP) is 3.77. The monoisotopic (exact) mass is 562 g/mol. The van der Waals surface area contributed by atoms with Gasteiger partial charge in [-0.3, -0.25) is 4.79 Å². The fourth-order valence-corrected chi connectivity index (χ4v) is 6.47. The second kappa shape index (κ2) is 10.8. The van der Waals surface area contributed by atoms with Crippen molar-refractivity contribution in [3.8, 4) is 0 Å². The van der Waals surface area contributed by atoms with Gasteiger partial charge in [0.1, 0.15) is 23.2 Å². The van der Waals surface area contributed by atoms with Gasteiger partial charge in [-0.15, -0.1) is 0 Å². The number of para-hydroxylation sites is 2. The highest BCUT2D eigenvalue weighted by Crippen LogP contribution is 2.47. The highest BCUT2D eigenvalue weighted by Gasteiger charge is 2.44. The van der Waals surface area contributed by atoms with Crippen LogP contribution in [0.1, 0.15) is 22.8 Å². The van der Waals surface area contributed by atoms with Gasteiger partial charge >= 0.3 is 5.91 Å². The van der Waals surface area contributed by atoms with Crippen molar-refractivity contribution in [2.24, 2.45) is 0 Å². The Labute approximate surface area is 222 Å². The average Bonchev–Trinajstić information content (AvgIpc) is 3.12. The summed E-state index contributed by atoms with van der Waals surface area (Å²) in [5, 5.41) is 23.6. The van der Waals surface area contributed by atoms with Crippen LogP contribution in [0.2, 0.25) is 5.02 Å². The van der Waals surface area contributed by atoms with Crippen LogP contribution < -0.4 is 15.8 Å². The summed E-state index contributed by atoms with van der Waals surface area (Å²) in [5.74, 6) is -1.52. The summed E-state index contributed by atoms with van der Waals surface area (Å²) in [7, 11) is -4.06. The zero-order valence-electron chi connectivity index (χ0n) is 19.2. The molecule has 10 nitrogen and oxygen atoms in total. The Hall–Kier alpha value is -2.97. The second-order valence-corrected chi connectivity index (χ2v) is 11.7. The van der Waals surface area contributed by atoms with Crippen molar-refractivity contribution in [3.63, 3.8) is 0 Å². The fourth-order valence-electron chi connectivity index (χ4n) is 3.78. The Bertz CT molecular complexity index is 1440. The Morgan fingerprint density at radius 3 is 2.46 bits per heavy atom. The lowest BCUT2D eigenvalue weighted by Crippen LogP contribution is -2.45. The summed E-state index contributed by atoms with van der Waals surface area (Å²) in [6, 6.07) is 17.7. The molecule has 13 heteroatoms. The van der Waals surface area contributed by atoms with Gasteiger partial charge in [0.05, 0.1) is 22.7 Å². The molecule has 1 saturated heterocycles. The maximum Gasteiger partial charge on any atom is 0.359 e. The van der Waals surface area contributed by atoms with E-state index in [-0.39, 0.29) is 22.8 Å². The van der Waals surface area contributed by atoms with Gasteiger partial charge in [0.2, 0.25) is 15.9 Å². The first-order chi connectivity index (χ1) is 17.5. The van der Waals surface area contributed by atoms with E-state index in [1.54, 1.807) is 54.6 Å². The van der Waals surface area contributed by atoms with Crippen LogP contribution in [0.15, 0.2) is 77.7 Å². The number of benzene rings is 3. The number of sulfonamides is 1. The van der Waals surface area contributed by atoms with E-state index in [1.165, 1.54) is 18.2 Å². The number of hydrogen-bond donors (Lipinski definition) is 4. The zero-order valence-corrected chi connectivity index (χ0v) is 21.6. The summed E-state index contributed by atoms with van der Waals surface area (Å²) in [6.45, 7) is 0. The Morgan fingerprint density at radius 2 is 1.84 bits per heavy atom. The first-order valence-electron chi connectivity index (χ1n) is 11.0. The van der Waals surface area contributed by atoms with Crippen molar-refractivity contribution in [1.82, 2.24) is 4.72 Å². The lowest BCUT2D eigenvalue weighted by atomic mass is 10.0. The predicted molar refractivity (Wildman–Crippen MR) is 141 cm³/mol. The van der Waals surface area contributed by atoms with Gasteiger partial charge in [0.25, 0.3) is 0 Å². The molecule has 0 spiro atoms. The van der Waals surface area contributed by atoms with Gasteiger partial charge in [-0.25, -0.2) is 13.2 Å². The van der Waals surface area contributed by atoms with Crippen molar-refractivity contribution in [2.45, 2.75) is 29.0 Å². The highest BCUT2D eigenvalue weighted by molar-refractivity contribution is 7.94. The van der Waals surface area contributed by atoms with Crippen LogP contribution in [0.3, 0.4) is 0 Å². The number of hydrogen-bond acceptors (Lipinski definition) is 8. The summed E-state index contributed by atoms with van der Waals surface area (Å²) < 4.78 is 26.4. The number of hydroxylamine groups is 2. The molecular weight excluding hydrogens is 540 g/mol. The van der Waals surface area contributed by atoms with Gasteiger partial charge in [-0.2, -0.15) is 9.93 Å². The first-order valence-corrected chi connectivity index (χ1v) is 13.7. The van der Waals surface area contributed by atoms with Crippen molar-refractivity contribution in [2.75, 3.05) is 11.1 Å². The largest absolute Gasteiger partial charge is 0.579 e. The van der Waals surface area contributed by atoms with Crippen molar-refractivity contribution >= 4 is 56.8 Å². The van der Waals surface area contributed by atoms with E-state index < -0.39 is 37.3 Å². The molecule has 2 amide bonds. The van der Waals surface area contributed by atoms with E-state index in [4.69, 9.17) is 17.3 Å².